The van der Waals surface area contributed by atoms with E-state index < -0.39 is 0 Å². The van der Waals surface area contributed by atoms with Crippen molar-refractivity contribution in [2.45, 2.75) is 31.7 Å². The molecule has 1 amide bonds. The van der Waals surface area contributed by atoms with E-state index in [1.54, 1.807) is 0 Å². The zero-order valence-electron chi connectivity index (χ0n) is 13.1. The number of hydrogen-bond acceptors (Lipinski definition) is 3. The zero-order valence-corrected chi connectivity index (χ0v) is 13.9. The highest BCUT2D eigenvalue weighted by Gasteiger charge is 2.42. The molecule has 5 heteroatoms. The first-order valence-corrected chi connectivity index (χ1v) is 8.57. The standard InChI is InChI=1S/C17H24ClN3O/c1-2-17(8-3-9-19-17)16(22)21-12-10-20(11-13-21)15-6-4-14(18)5-7-15/h4-7,19H,2-3,8-13H2,1H3. The zero-order chi connectivity index (χ0) is 15.6. The van der Waals surface area contributed by atoms with Gasteiger partial charge in [0.1, 0.15) is 0 Å². The second-order valence-corrected chi connectivity index (χ2v) is 6.66. The van der Waals surface area contributed by atoms with Crippen molar-refractivity contribution in [2.75, 3.05) is 37.6 Å². The van der Waals surface area contributed by atoms with Crippen LogP contribution < -0.4 is 10.2 Å². The lowest BCUT2D eigenvalue weighted by Gasteiger charge is -2.40. The maximum atomic E-state index is 12.9. The van der Waals surface area contributed by atoms with E-state index in [0.717, 1.165) is 57.0 Å². The van der Waals surface area contributed by atoms with Gasteiger partial charge in [-0.05, 0) is 50.1 Å². The van der Waals surface area contributed by atoms with Crippen LogP contribution in [0, 0.1) is 0 Å². The van der Waals surface area contributed by atoms with Crippen molar-refractivity contribution < 1.29 is 4.79 Å². The first-order valence-electron chi connectivity index (χ1n) is 8.19. The third kappa shape index (κ3) is 2.95. The average molecular weight is 322 g/mol. The minimum Gasteiger partial charge on any atom is -0.368 e. The number of piperazine rings is 1. The van der Waals surface area contributed by atoms with Crippen molar-refractivity contribution in [1.82, 2.24) is 10.2 Å². The number of rotatable bonds is 3. The second-order valence-electron chi connectivity index (χ2n) is 6.22. The topological polar surface area (TPSA) is 35.6 Å². The van der Waals surface area contributed by atoms with E-state index in [9.17, 15) is 4.79 Å². The Balaban J connectivity index is 1.61. The smallest absolute Gasteiger partial charge is 0.242 e. The quantitative estimate of drug-likeness (QED) is 0.929. The molecule has 4 nitrogen and oxygen atoms in total. The molecule has 120 valence electrons. The molecule has 3 rings (SSSR count). The van der Waals surface area contributed by atoms with Crippen LogP contribution in [-0.2, 0) is 4.79 Å². The highest BCUT2D eigenvalue weighted by Crippen LogP contribution is 2.27. The van der Waals surface area contributed by atoms with E-state index in [2.05, 4.69) is 17.1 Å². The van der Waals surface area contributed by atoms with E-state index in [-0.39, 0.29) is 5.54 Å². The molecule has 1 atom stereocenters. The van der Waals surface area contributed by atoms with Crippen LogP contribution >= 0.6 is 11.6 Å². The van der Waals surface area contributed by atoms with E-state index in [1.165, 1.54) is 5.69 Å². The molecule has 2 aliphatic heterocycles. The van der Waals surface area contributed by atoms with Crippen LogP contribution in [0.4, 0.5) is 5.69 Å². The lowest BCUT2D eigenvalue weighted by atomic mass is 9.92. The summed E-state index contributed by atoms with van der Waals surface area (Å²) in [5.74, 6) is 0.295. The van der Waals surface area contributed by atoms with Gasteiger partial charge in [-0.15, -0.1) is 0 Å². The predicted octanol–water partition coefficient (Wildman–Crippen LogP) is 2.52. The van der Waals surface area contributed by atoms with Gasteiger partial charge in [-0.25, -0.2) is 0 Å². The third-order valence-electron chi connectivity index (χ3n) is 5.02. The average Bonchev–Trinajstić information content (AvgIpc) is 3.05. The largest absolute Gasteiger partial charge is 0.368 e. The van der Waals surface area contributed by atoms with Crippen molar-refractivity contribution in [2.24, 2.45) is 0 Å². The lowest BCUT2D eigenvalue weighted by Crippen LogP contribution is -2.59. The summed E-state index contributed by atoms with van der Waals surface area (Å²) in [6.45, 7) is 6.43. The molecule has 2 saturated heterocycles. The van der Waals surface area contributed by atoms with E-state index in [1.807, 2.05) is 29.2 Å². The molecule has 22 heavy (non-hydrogen) atoms. The molecular weight excluding hydrogens is 298 g/mol. The van der Waals surface area contributed by atoms with Crippen molar-refractivity contribution >= 4 is 23.2 Å². The van der Waals surface area contributed by atoms with Gasteiger partial charge >= 0.3 is 0 Å². The highest BCUT2D eigenvalue weighted by molar-refractivity contribution is 6.30. The molecule has 2 aliphatic rings. The van der Waals surface area contributed by atoms with Gasteiger partial charge in [0.15, 0.2) is 0 Å². The Bertz CT molecular complexity index is 517. The molecule has 2 heterocycles. The maximum absolute atomic E-state index is 12.9. The molecular formula is C17H24ClN3O. The van der Waals surface area contributed by atoms with Crippen molar-refractivity contribution in [3.05, 3.63) is 29.3 Å². The third-order valence-corrected chi connectivity index (χ3v) is 5.27. The van der Waals surface area contributed by atoms with Gasteiger partial charge in [0.05, 0.1) is 5.54 Å². The van der Waals surface area contributed by atoms with Crippen LogP contribution in [0.25, 0.3) is 0 Å². The Morgan fingerprint density at radius 3 is 2.45 bits per heavy atom. The number of carbonyl (C=O) groups excluding carboxylic acids is 1. The molecule has 0 aliphatic carbocycles. The van der Waals surface area contributed by atoms with E-state index >= 15 is 0 Å². The minimum absolute atomic E-state index is 0.295. The number of carbonyl (C=O) groups is 1. The fourth-order valence-corrected chi connectivity index (χ4v) is 3.69. The number of anilines is 1. The summed E-state index contributed by atoms with van der Waals surface area (Å²) in [5.41, 5.74) is 0.878. The first-order chi connectivity index (χ1) is 10.6. The number of hydrogen-bond donors (Lipinski definition) is 1. The van der Waals surface area contributed by atoms with Gasteiger partial charge in [0.25, 0.3) is 0 Å². The number of nitrogens with one attached hydrogen (secondary N) is 1. The van der Waals surface area contributed by atoms with E-state index in [0.29, 0.717) is 5.91 Å². The van der Waals surface area contributed by atoms with Crippen LogP contribution in [0.2, 0.25) is 5.02 Å². The first kappa shape index (κ1) is 15.6. The molecule has 1 aromatic rings. The fourth-order valence-electron chi connectivity index (χ4n) is 3.56. The highest BCUT2D eigenvalue weighted by atomic mass is 35.5. The van der Waals surface area contributed by atoms with Crippen molar-refractivity contribution in [3.8, 4) is 0 Å². The normalized spacial score (nSPS) is 25.5. The van der Waals surface area contributed by atoms with Gasteiger partial charge in [0, 0.05) is 36.9 Å². The van der Waals surface area contributed by atoms with Gasteiger partial charge < -0.3 is 15.1 Å². The van der Waals surface area contributed by atoms with Gasteiger partial charge in [0.2, 0.25) is 5.91 Å². The molecule has 0 saturated carbocycles. The summed E-state index contributed by atoms with van der Waals surface area (Å²) in [6, 6.07) is 7.93. The fraction of sp³-hybridized carbons (Fsp3) is 0.588. The Morgan fingerprint density at radius 2 is 1.91 bits per heavy atom. The molecule has 0 spiro atoms. The summed E-state index contributed by atoms with van der Waals surface area (Å²) in [7, 11) is 0. The Hall–Kier alpha value is -1.26. The lowest BCUT2D eigenvalue weighted by molar-refractivity contribution is -0.138. The number of halogens is 1. The Labute approximate surface area is 137 Å². The summed E-state index contributed by atoms with van der Waals surface area (Å²) in [6.07, 6.45) is 2.95. The molecule has 0 radical (unpaired) electrons. The van der Waals surface area contributed by atoms with Crippen LogP contribution in [0.1, 0.15) is 26.2 Å². The van der Waals surface area contributed by atoms with E-state index in [4.69, 9.17) is 11.6 Å². The second kappa shape index (κ2) is 6.47. The van der Waals surface area contributed by atoms with Crippen LogP contribution in [-0.4, -0.2) is 49.1 Å². The maximum Gasteiger partial charge on any atom is 0.242 e. The summed E-state index contributed by atoms with van der Waals surface area (Å²) in [4.78, 5) is 17.2. The molecule has 0 aromatic heterocycles. The van der Waals surface area contributed by atoms with Gasteiger partial charge in [-0.2, -0.15) is 0 Å². The van der Waals surface area contributed by atoms with Crippen LogP contribution in [0.15, 0.2) is 24.3 Å². The van der Waals surface area contributed by atoms with Crippen LogP contribution in [0.5, 0.6) is 0 Å². The summed E-state index contributed by atoms with van der Waals surface area (Å²) in [5, 5.41) is 4.21. The molecule has 1 aromatic carbocycles. The number of nitrogens with zero attached hydrogens (tertiary/aromatic N) is 2. The SMILES string of the molecule is CCC1(C(=O)N2CCN(c3ccc(Cl)cc3)CC2)CCCN1. The van der Waals surface area contributed by atoms with Gasteiger partial charge in [-0.1, -0.05) is 18.5 Å². The minimum atomic E-state index is -0.303. The monoisotopic (exact) mass is 321 g/mol. The Kier molecular flexibility index (Phi) is 4.59. The van der Waals surface area contributed by atoms with Gasteiger partial charge in [-0.3, -0.25) is 4.79 Å². The molecule has 2 fully saturated rings. The molecule has 1 N–H and O–H groups in total. The number of amides is 1. The summed E-state index contributed by atoms with van der Waals surface area (Å²) < 4.78 is 0. The summed E-state index contributed by atoms with van der Waals surface area (Å²) >= 11 is 5.94. The predicted molar refractivity (Wildman–Crippen MR) is 90.5 cm³/mol. The molecule has 0 bridgehead atoms. The van der Waals surface area contributed by atoms with Crippen molar-refractivity contribution in [3.63, 3.8) is 0 Å². The van der Waals surface area contributed by atoms with Crippen molar-refractivity contribution in [1.29, 1.82) is 0 Å². The molecule has 1 unspecified atom stereocenters. The number of benzene rings is 1. The van der Waals surface area contributed by atoms with Crippen LogP contribution in [0.3, 0.4) is 0 Å². The Morgan fingerprint density at radius 1 is 1.23 bits per heavy atom.